The third kappa shape index (κ3) is 3.32. The molecule has 2 N–H and O–H groups in total. The highest BCUT2D eigenvalue weighted by Crippen LogP contribution is 2.24. The molecule has 116 valence electrons. The van der Waals surface area contributed by atoms with Crippen LogP contribution in [0.3, 0.4) is 0 Å². The summed E-state index contributed by atoms with van der Waals surface area (Å²) in [6.45, 7) is 1.91. The molecule has 1 aliphatic heterocycles. The van der Waals surface area contributed by atoms with Crippen molar-refractivity contribution in [2.24, 2.45) is 0 Å². The zero-order valence-electron chi connectivity index (χ0n) is 11.6. The second-order valence-corrected chi connectivity index (χ2v) is 8.31. The number of amides is 1. The van der Waals surface area contributed by atoms with E-state index in [-0.39, 0.29) is 17.0 Å². The molecular formula is C13H17FN2O3S2. The van der Waals surface area contributed by atoms with E-state index in [0.717, 1.165) is 6.07 Å². The van der Waals surface area contributed by atoms with Gasteiger partial charge in [0.25, 0.3) is 5.91 Å². The molecule has 0 radical (unpaired) electrons. The van der Waals surface area contributed by atoms with Crippen LogP contribution < -0.4 is 5.73 Å². The lowest BCUT2D eigenvalue weighted by Gasteiger charge is -2.34. The molecule has 1 atom stereocenters. The van der Waals surface area contributed by atoms with E-state index in [1.54, 1.807) is 6.92 Å². The molecule has 1 amide bonds. The molecule has 8 heteroatoms. The number of hydrogen-bond donors (Lipinski definition) is 1. The fourth-order valence-corrected chi connectivity index (χ4v) is 5.11. The first-order valence-electron chi connectivity index (χ1n) is 6.52. The summed E-state index contributed by atoms with van der Waals surface area (Å²) in [5.41, 5.74) is 5.55. The molecule has 1 aromatic rings. The maximum absolute atomic E-state index is 13.2. The van der Waals surface area contributed by atoms with E-state index < -0.39 is 26.9 Å². The number of rotatable bonds is 3. The zero-order chi connectivity index (χ0) is 15.6. The summed E-state index contributed by atoms with van der Waals surface area (Å²) in [4.78, 5) is 13.9. The fraction of sp³-hybridized carbons (Fsp3) is 0.462. The second-order valence-electron chi connectivity index (χ2n) is 4.72. The minimum Gasteiger partial charge on any atom is -0.396 e. The van der Waals surface area contributed by atoms with Gasteiger partial charge in [0.2, 0.25) is 0 Å². The SMILES string of the molecule is CCS(=O)(=O)C1CSCCN1C(=O)c1ccc(F)c(N)c1. The molecule has 1 heterocycles. The number of nitrogens with zero attached hydrogens (tertiary/aromatic N) is 1. The van der Waals surface area contributed by atoms with Gasteiger partial charge in [0.1, 0.15) is 11.2 Å². The summed E-state index contributed by atoms with van der Waals surface area (Å²) < 4.78 is 37.4. The number of carbonyl (C=O) groups excluding carboxylic acids is 1. The van der Waals surface area contributed by atoms with E-state index in [2.05, 4.69) is 0 Å². The highest BCUT2D eigenvalue weighted by atomic mass is 32.2. The minimum atomic E-state index is -3.36. The van der Waals surface area contributed by atoms with E-state index in [0.29, 0.717) is 18.1 Å². The Labute approximate surface area is 127 Å². The first-order valence-corrected chi connectivity index (χ1v) is 9.39. The number of nitrogen functional groups attached to an aromatic ring is 1. The van der Waals surface area contributed by atoms with Gasteiger partial charge in [-0.05, 0) is 18.2 Å². The van der Waals surface area contributed by atoms with E-state index in [1.807, 2.05) is 0 Å². The van der Waals surface area contributed by atoms with Crippen molar-refractivity contribution in [3.8, 4) is 0 Å². The molecule has 21 heavy (non-hydrogen) atoms. The predicted octanol–water partition coefficient (Wildman–Crippen LogP) is 1.36. The average Bonchev–Trinajstić information content (AvgIpc) is 2.49. The highest BCUT2D eigenvalue weighted by molar-refractivity contribution is 8.01. The Kier molecular flexibility index (Phi) is 4.77. The third-order valence-electron chi connectivity index (χ3n) is 3.41. The van der Waals surface area contributed by atoms with Gasteiger partial charge in [-0.2, -0.15) is 11.8 Å². The number of hydrogen-bond acceptors (Lipinski definition) is 5. The lowest BCUT2D eigenvalue weighted by atomic mass is 10.1. The van der Waals surface area contributed by atoms with Crippen molar-refractivity contribution in [1.29, 1.82) is 0 Å². The fourth-order valence-electron chi connectivity index (χ4n) is 2.15. The number of benzene rings is 1. The summed E-state index contributed by atoms with van der Waals surface area (Å²) in [6, 6.07) is 3.69. The Morgan fingerprint density at radius 2 is 2.24 bits per heavy atom. The standard InChI is InChI=1S/C13H17FN2O3S2/c1-2-21(18,19)12-8-20-6-5-16(12)13(17)9-3-4-10(14)11(15)7-9/h3-4,7,12H,2,5-6,8,15H2,1H3. The predicted molar refractivity (Wildman–Crippen MR) is 82.4 cm³/mol. The van der Waals surface area contributed by atoms with Gasteiger partial charge in [-0.3, -0.25) is 4.79 Å². The van der Waals surface area contributed by atoms with Crippen LogP contribution in [-0.4, -0.2) is 48.4 Å². The van der Waals surface area contributed by atoms with Crippen molar-refractivity contribution in [2.45, 2.75) is 12.3 Å². The zero-order valence-corrected chi connectivity index (χ0v) is 13.2. The number of anilines is 1. The van der Waals surface area contributed by atoms with E-state index in [1.165, 1.54) is 28.8 Å². The summed E-state index contributed by atoms with van der Waals surface area (Å²) in [5.74, 6) is -0.00730. The van der Waals surface area contributed by atoms with Gasteiger partial charge in [-0.15, -0.1) is 0 Å². The summed E-state index contributed by atoms with van der Waals surface area (Å²) in [7, 11) is -3.36. The maximum atomic E-state index is 13.2. The van der Waals surface area contributed by atoms with Crippen LogP contribution in [-0.2, 0) is 9.84 Å². The minimum absolute atomic E-state index is 0.0203. The third-order valence-corrected chi connectivity index (χ3v) is 6.69. The van der Waals surface area contributed by atoms with Crippen LogP contribution in [0.1, 0.15) is 17.3 Å². The molecule has 0 aromatic heterocycles. The van der Waals surface area contributed by atoms with Gasteiger partial charge in [-0.1, -0.05) is 6.92 Å². The van der Waals surface area contributed by atoms with E-state index in [9.17, 15) is 17.6 Å². The van der Waals surface area contributed by atoms with Crippen LogP contribution >= 0.6 is 11.8 Å². The molecule has 0 bridgehead atoms. The molecule has 2 rings (SSSR count). The van der Waals surface area contributed by atoms with Crippen LogP contribution in [0.5, 0.6) is 0 Å². The summed E-state index contributed by atoms with van der Waals surface area (Å²) in [6.07, 6.45) is 0. The highest BCUT2D eigenvalue weighted by Gasteiger charge is 2.36. The van der Waals surface area contributed by atoms with Crippen LogP contribution in [0.2, 0.25) is 0 Å². The van der Waals surface area contributed by atoms with Gasteiger partial charge in [-0.25, -0.2) is 12.8 Å². The number of nitrogens with two attached hydrogens (primary N) is 1. The Hall–Kier alpha value is -1.28. The van der Waals surface area contributed by atoms with Gasteiger partial charge in [0, 0.05) is 29.4 Å². The number of thioether (sulfide) groups is 1. The quantitative estimate of drug-likeness (QED) is 0.845. The normalized spacial score (nSPS) is 19.5. The Bertz CT molecular complexity index is 649. The van der Waals surface area contributed by atoms with Crippen LogP contribution in [0.4, 0.5) is 10.1 Å². The second kappa shape index (κ2) is 6.23. The molecule has 1 aliphatic rings. The average molecular weight is 332 g/mol. The Morgan fingerprint density at radius 3 is 2.86 bits per heavy atom. The number of carbonyl (C=O) groups is 1. The molecular weight excluding hydrogens is 315 g/mol. The largest absolute Gasteiger partial charge is 0.396 e. The van der Waals surface area contributed by atoms with Crippen LogP contribution in [0.25, 0.3) is 0 Å². The van der Waals surface area contributed by atoms with Crippen molar-refractivity contribution in [1.82, 2.24) is 4.90 Å². The maximum Gasteiger partial charge on any atom is 0.255 e. The van der Waals surface area contributed by atoms with Gasteiger partial charge in [0.05, 0.1) is 5.69 Å². The monoisotopic (exact) mass is 332 g/mol. The van der Waals surface area contributed by atoms with Gasteiger partial charge >= 0.3 is 0 Å². The Morgan fingerprint density at radius 1 is 1.52 bits per heavy atom. The molecule has 5 nitrogen and oxygen atoms in total. The van der Waals surface area contributed by atoms with Gasteiger partial charge in [0.15, 0.2) is 9.84 Å². The first kappa shape index (κ1) is 16.1. The summed E-state index contributed by atoms with van der Waals surface area (Å²) in [5, 5.41) is -0.833. The molecule has 0 spiro atoms. The molecule has 1 fully saturated rings. The summed E-state index contributed by atoms with van der Waals surface area (Å²) >= 11 is 1.51. The topological polar surface area (TPSA) is 80.5 Å². The molecule has 1 aromatic carbocycles. The number of sulfone groups is 1. The molecule has 0 saturated carbocycles. The lowest BCUT2D eigenvalue weighted by Crippen LogP contribution is -2.50. The molecule has 0 aliphatic carbocycles. The van der Waals surface area contributed by atoms with Crippen LogP contribution in [0, 0.1) is 5.82 Å². The smallest absolute Gasteiger partial charge is 0.255 e. The van der Waals surface area contributed by atoms with Crippen molar-refractivity contribution < 1.29 is 17.6 Å². The van der Waals surface area contributed by atoms with E-state index in [4.69, 9.17) is 5.73 Å². The van der Waals surface area contributed by atoms with E-state index >= 15 is 0 Å². The van der Waals surface area contributed by atoms with Crippen LogP contribution in [0.15, 0.2) is 18.2 Å². The number of halogens is 1. The van der Waals surface area contributed by atoms with Crippen molar-refractivity contribution in [2.75, 3.05) is 29.5 Å². The lowest BCUT2D eigenvalue weighted by molar-refractivity contribution is 0.0749. The molecule has 1 unspecified atom stereocenters. The van der Waals surface area contributed by atoms with Crippen molar-refractivity contribution >= 4 is 33.2 Å². The van der Waals surface area contributed by atoms with Gasteiger partial charge < -0.3 is 10.6 Å². The van der Waals surface area contributed by atoms with Crippen molar-refractivity contribution in [3.63, 3.8) is 0 Å². The van der Waals surface area contributed by atoms with Crippen molar-refractivity contribution in [3.05, 3.63) is 29.6 Å². The molecule has 1 saturated heterocycles. The Balaban J connectivity index is 2.33. The first-order chi connectivity index (χ1) is 9.86.